The standard InChI is InChI=1S/C15H14O3/c1-18-14-7-5-12(6-8-14)13-4-2-3-11(9-13)10-15(16)17/h2-9H,10H2,1H3,(H,16,17)/p-1. The van der Waals surface area contributed by atoms with E-state index in [2.05, 4.69) is 0 Å². The molecule has 0 N–H and O–H groups in total. The number of benzene rings is 2. The first-order valence-corrected chi connectivity index (χ1v) is 5.62. The molecule has 18 heavy (non-hydrogen) atoms. The molecule has 0 fully saturated rings. The molecule has 0 amide bonds. The van der Waals surface area contributed by atoms with Gasteiger partial charge in [0.05, 0.1) is 7.11 Å². The normalized spacial score (nSPS) is 10.1. The SMILES string of the molecule is COc1ccc(-c2cccc(CC(=O)[O-])c2)cc1. The molecule has 0 bridgehead atoms. The fourth-order valence-corrected chi connectivity index (χ4v) is 1.81. The molecule has 92 valence electrons. The van der Waals surface area contributed by atoms with E-state index in [0.717, 1.165) is 22.4 Å². The van der Waals surface area contributed by atoms with Crippen molar-refractivity contribution in [3.63, 3.8) is 0 Å². The second-order valence-corrected chi connectivity index (χ2v) is 3.98. The molecule has 3 nitrogen and oxygen atoms in total. The van der Waals surface area contributed by atoms with Gasteiger partial charge >= 0.3 is 0 Å². The second kappa shape index (κ2) is 5.36. The maximum atomic E-state index is 10.6. The Morgan fingerprint density at radius 3 is 2.44 bits per heavy atom. The summed E-state index contributed by atoms with van der Waals surface area (Å²) in [6.45, 7) is 0. The predicted molar refractivity (Wildman–Crippen MR) is 67.1 cm³/mol. The summed E-state index contributed by atoms with van der Waals surface area (Å²) >= 11 is 0. The number of ether oxygens (including phenoxy) is 1. The summed E-state index contributed by atoms with van der Waals surface area (Å²) in [6, 6.07) is 15.1. The number of carboxylic acids is 1. The molecule has 0 aliphatic heterocycles. The summed E-state index contributed by atoms with van der Waals surface area (Å²) in [4.78, 5) is 10.6. The van der Waals surface area contributed by atoms with Gasteiger partial charge in [0.25, 0.3) is 0 Å². The van der Waals surface area contributed by atoms with Crippen molar-refractivity contribution in [2.75, 3.05) is 7.11 Å². The van der Waals surface area contributed by atoms with Gasteiger partial charge in [-0.05, 0) is 28.8 Å². The van der Waals surface area contributed by atoms with Crippen molar-refractivity contribution >= 4 is 5.97 Å². The van der Waals surface area contributed by atoms with Crippen LogP contribution in [-0.2, 0) is 11.2 Å². The van der Waals surface area contributed by atoms with E-state index >= 15 is 0 Å². The average molecular weight is 241 g/mol. The van der Waals surface area contributed by atoms with Crippen molar-refractivity contribution in [1.29, 1.82) is 0 Å². The minimum atomic E-state index is -1.07. The number of methoxy groups -OCH3 is 1. The zero-order valence-electron chi connectivity index (χ0n) is 10.1. The van der Waals surface area contributed by atoms with Gasteiger partial charge in [-0.15, -0.1) is 0 Å². The number of carboxylic acid groups (broad SMARTS) is 1. The zero-order valence-corrected chi connectivity index (χ0v) is 10.1. The van der Waals surface area contributed by atoms with Crippen LogP contribution in [0.25, 0.3) is 11.1 Å². The predicted octanol–water partition coefficient (Wildman–Crippen LogP) is 1.65. The van der Waals surface area contributed by atoms with E-state index in [-0.39, 0.29) is 6.42 Å². The van der Waals surface area contributed by atoms with Crippen LogP contribution in [0, 0.1) is 0 Å². The van der Waals surface area contributed by atoms with Crippen LogP contribution < -0.4 is 9.84 Å². The Hall–Kier alpha value is -2.29. The molecule has 2 aromatic carbocycles. The van der Waals surface area contributed by atoms with E-state index in [1.165, 1.54) is 0 Å². The van der Waals surface area contributed by atoms with E-state index in [1.807, 2.05) is 42.5 Å². The van der Waals surface area contributed by atoms with Crippen LogP contribution in [0.5, 0.6) is 5.75 Å². The van der Waals surface area contributed by atoms with E-state index in [0.29, 0.717) is 0 Å². The summed E-state index contributed by atoms with van der Waals surface area (Å²) in [5, 5.41) is 10.6. The van der Waals surface area contributed by atoms with Crippen LogP contribution in [-0.4, -0.2) is 13.1 Å². The van der Waals surface area contributed by atoms with E-state index in [4.69, 9.17) is 4.74 Å². The molecular weight excluding hydrogens is 228 g/mol. The Kier molecular flexibility index (Phi) is 3.63. The lowest BCUT2D eigenvalue weighted by Crippen LogP contribution is -2.24. The number of carbonyl (C=O) groups excluding carboxylic acids is 1. The Labute approximate surface area is 106 Å². The highest BCUT2D eigenvalue weighted by Crippen LogP contribution is 2.23. The fourth-order valence-electron chi connectivity index (χ4n) is 1.81. The van der Waals surface area contributed by atoms with Crippen molar-refractivity contribution in [2.45, 2.75) is 6.42 Å². The number of hydrogen-bond acceptors (Lipinski definition) is 3. The highest BCUT2D eigenvalue weighted by atomic mass is 16.5. The largest absolute Gasteiger partial charge is 0.550 e. The van der Waals surface area contributed by atoms with Gasteiger partial charge in [0, 0.05) is 12.4 Å². The molecule has 3 heteroatoms. The van der Waals surface area contributed by atoms with Gasteiger partial charge in [0.15, 0.2) is 0 Å². The molecule has 0 heterocycles. The molecule has 2 rings (SSSR count). The van der Waals surface area contributed by atoms with E-state index in [9.17, 15) is 9.90 Å². The summed E-state index contributed by atoms with van der Waals surface area (Å²) < 4.78 is 5.10. The van der Waals surface area contributed by atoms with Gasteiger partial charge in [0.2, 0.25) is 0 Å². The molecule has 0 aliphatic carbocycles. The first kappa shape index (κ1) is 12.2. The molecule has 0 unspecified atom stereocenters. The van der Waals surface area contributed by atoms with Crippen LogP contribution in [0.15, 0.2) is 48.5 Å². The Morgan fingerprint density at radius 1 is 1.11 bits per heavy atom. The van der Waals surface area contributed by atoms with Crippen LogP contribution in [0.1, 0.15) is 5.56 Å². The zero-order chi connectivity index (χ0) is 13.0. The van der Waals surface area contributed by atoms with Crippen LogP contribution in [0.2, 0.25) is 0 Å². The van der Waals surface area contributed by atoms with Crippen molar-refractivity contribution in [3.8, 4) is 16.9 Å². The van der Waals surface area contributed by atoms with E-state index in [1.54, 1.807) is 13.2 Å². The molecule has 0 saturated heterocycles. The van der Waals surface area contributed by atoms with Crippen LogP contribution in [0.3, 0.4) is 0 Å². The molecule has 0 aromatic heterocycles. The number of rotatable bonds is 4. The van der Waals surface area contributed by atoms with Gasteiger partial charge in [-0.1, -0.05) is 36.4 Å². The van der Waals surface area contributed by atoms with Gasteiger partial charge in [-0.2, -0.15) is 0 Å². The van der Waals surface area contributed by atoms with Gasteiger partial charge < -0.3 is 14.6 Å². The summed E-state index contributed by atoms with van der Waals surface area (Å²) in [6.07, 6.45) is -0.0655. The monoisotopic (exact) mass is 241 g/mol. The van der Waals surface area contributed by atoms with Gasteiger partial charge in [-0.3, -0.25) is 0 Å². The Balaban J connectivity index is 2.29. The summed E-state index contributed by atoms with van der Waals surface area (Å²) in [5.41, 5.74) is 2.75. The lowest BCUT2D eigenvalue weighted by molar-refractivity contribution is -0.304. The van der Waals surface area contributed by atoms with Crippen LogP contribution in [0.4, 0.5) is 0 Å². The second-order valence-electron chi connectivity index (χ2n) is 3.98. The minimum absolute atomic E-state index is 0.0655. The number of carbonyl (C=O) groups is 1. The van der Waals surface area contributed by atoms with Crippen molar-refractivity contribution in [2.24, 2.45) is 0 Å². The highest BCUT2D eigenvalue weighted by Gasteiger charge is 2.00. The van der Waals surface area contributed by atoms with Gasteiger partial charge in [0.1, 0.15) is 5.75 Å². The molecule has 0 radical (unpaired) electrons. The number of hydrogen-bond donors (Lipinski definition) is 0. The molecule has 0 spiro atoms. The van der Waals surface area contributed by atoms with E-state index < -0.39 is 5.97 Å². The molecule has 0 saturated carbocycles. The summed E-state index contributed by atoms with van der Waals surface area (Å²) in [7, 11) is 1.62. The minimum Gasteiger partial charge on any atom is -0.550 e. The van der Waals surface area contributed by atoms with Crippen molar-refractivity contribution in [3.05, 3.63) is 54.1 Å². The summed E-state index contributed by atoms with van der Waals surface area (Å²) in [5.74, 6) is -0.272. The van der Waals surface area contributed by atoms with Gasteiger partial charge in [-0.25, -0.2) is 0 Å². The quantitative estimate of drug-likeness (QED) is 0.817. The molecule has 0 atom stereocenters. The third-order valence-electron chi connectivity index (χ3n) is 2.70. The first-order valence-electron chi connectivity index (χ1n) is 5.62. The number of aliphatic carboxylic acids is 1. The highest BCUT2D eigenvalue weighted by molar-refractivity contribution is 5.70. The average Bonchev–Trinajstić information content (AvgIpc) is 2.38. The molecule has 2 aromatic rings. The maximum absolute atomic E-state index is 10.6. The fraction of sp³-hybridized carbons (Fsp3) is 0.133. The lowest BCUT2D eigenvalue weighted by Gasteiger charge is -2.07. The Bertz CT molecular complexity index is 544. The maximum Gasteiger partial charge on any atom is 0.118 e. The smallest absolute Gasteiger partial charge is 0.118 e. The molecular formula is C15H13O3-. The lowest BCUT2D eigenvalue weighted by atomic mass is 10.0. The van der Waals surface area contributed by atoms with Crippen molar-refractivity contribution in [1.82, 2.24) is 0 Å². The third-order valence-corrected chi connectivity index (χ3v) is 2.70. The molecule has 0 aliphatic rings. The first-order chi connectivity index (χ1) is 8.69. The topological polar surface area (TPSA) is 49.4 Å². The Morgan fingerprint density at radius 2 is 1.83 bits per heavy atom. The third kappa shape index (κ3) is 2.88. The van der Waals surface area contributed by atoms with Crippen molar-refractivity contribution < 1.29 is 14.6 Å². The van der Waals surface area contributed by atoms with Crippen LogP contribution >= 0.6 is 0 Å².